The van der Waals surface area contributed by atoms with Gasteiger partial charge in [0.15, 0.2) is 0 Å². The maximum Gasteiger partial charge on any atom is 0.122 e. The zero-order valence-corrected chi connectivity index (χ0v) is 13.2. The Balaban J connectivity index is 1.52. The van der Waals surface area contributed by atoms with E-state index >= 15 is 0 Å². The average Bonchev–Trinajstić information content (AvgIpc) is 2.95. The molecule has 1 aromatic carbocycles. The second kappa shape index (κ2) is 6.77. The van der Waals surface area contributed by atoms with Crippen molar-refractivity contribution in [3.8, 4) is 5.75 Å². The molecule has 1 aromatic rings. The van der Waals surface area contributed by atoms with E-state index in [2.05, 4.69) is 42.0 Å². The standard InChI is InChI=1S/C17H26N2O2/c1-14(19-6-9-20-10-7-19)12-18(2)13-15-3-4-17-16(11-15)5-8-21-17/h3-4,11,14H,5-10,12-13H2,1-2H3. The van der Waals surface area contributed by atoms with Crippen molar-refractivity contribution in [2.45, 2.75) is 25.9 Å². The molecule has 4 heteroatoms. The van der Waals surface area contributed by atoms with Gasteiger partial charge < -0.3 is 14.4 Å². The van der Waals surface area contributed by atoms with Crippen molar-refractivity contribution in [3.63, 3.8) is 0 Å². The van der Waals surface area contributed by atoms with Crippen molar-refractivity contribution < 1.29 is 9.47 Å². The number of hydrogen-bond acceptors (Lipinski definition) is 4. The van der Waals surface area contributed by atoms with Gasteiger partial charge in [-0.05, 0) is 31.2 Å². The third-order valence-electron chi connectivity index (χ3n) is 4.45. The molecule has 0 aliphatic carbocycles. The molecule has 1 saturated heterocycles. The summed E-state index contributed by atoms with van der Waals surface area (Å²) in [5.74, 6) is 1.07. The molecule has 4 nitrogen and oxygen atoms in total. The summed E-state index contributed by atoms with van der Waals surface area (Å²) in [5.41, 5.74) is 2.75. The van der Waals surface area contributed by atoms with Crippen LogP contribution in [-0.4, -0.2) is 62.3 Å². The number of ether oxygens (including phenoxy) is 2. The highest BCUT2D eigenvalue weighted by atomic mass is 16.5. The minimum absolute atomic E-state index is 0.580. The van der Waals surface area contributed by atoms with E-state index in [1.807, 2.05) is 0 Å². The van der Waals surface area contributed by atoms with Gasteiger partial charge in [0, 0.05) is 38.6 Å². The number of morpholine rings is 1. The van der Waals surface area contributed by atoms with Gasteiger partial charge in [-0.2, -0.15) is 0 Å². The van der Waals surface area contributed by atoms with Gasteiger partial charge in [-0.25, -0.2) is 0 Å². The SMILES string of the molecule is CC(CN(C)Cc1ccc2c(c1)CCO2)N1CCOCC1. The Kier molecular flexibility index (Phi) is 4.78. The van der Waals surface area contributed by atoms with Crippen LogP contribution in [0, 0.1) is 0 Å². The summed E-state index contributed by atoms with van der Waals surface area (Å²) in [6, 6.07) is 7.20. The maximum absolute atomic E-state index is 5.57. The third-order valence-corrected chi connectivity index (χ3v) is 4.45. The van der Waals surface area contributed by atoms with Crippen molar-refractivity contribution in [1.82, 2.24) is 9.80 Å². The lowest BCUT2D eigenvalue weighted by Gasteiger charge is -2.34. The maximum atomic E-state index is 5.57. The second-order valence-corrected chi connectivity index (χ2v) is 6.23. The summed E-state index contributed by atoms with van der Waals surface area (Å²) in [6.45, 7) is 9.12. The molecule has 0 saturated carbocycles. The Morgan fingerprint density at radius 2 is 2.05 bits per heavy atom. The first-order valence-electron chi connectivity index (χ1n) is 7.97. The summed E-state index contributed by atoms with van der Waals surface area (Å²) >= 11 is 0. The first-order valence-corrected chi connectivity index (χ1v) is 7.97. The molecule has 0 bridgehead atoms. The molecule has 0 radical (unpaired) electrons. The summed E-state index contributed by atoms with van der Waals surface area (Å²) in [6.07, 6.45) is 1.05. The molecule has 0 aromatic heterocycles. The molecule has 2 aliphatic heterocycles. The third kappa shape index (κ3) is 3.76. The predicted octanol–water partition coefficient (Wildman–Crippen LogP) is 1.77. The lowest BCUT2D eigenvalue weighted by atomic mass is 10.1. The van der Waals surface area contributed by atoms with Gasteiger partial charge in [0.2, 0.25) is 0 Å². The number of rotatable bonds is 5. The molecular formula is C17H26N2O2. The molecular weight excluding hydrogens is 264 g/mol. The van der Waals surface area contributed by atoms with Crippen LogP contribution < -0.4 is 4.74 Å². The minimum atomic E-state index is 0.580. The van der Waals surface area contributed by atoms with Crippen molar-refractivity contribution in [1.29, 1.82) is 0 Å². The van der Waals surface area contributed by atoms with Crippen LogP contribution in [0.4, 0.5) is 0 Å². The zero-order chi connectivity index (χ0) is 14.7. The lowest BCUT2D eigenvalue weighted by molar-refractivity contribution is 0.0137. The highest BCUT2D eigenvalue weighted by molar-refractivity contribution is 5.39. The Morgan fingerprint density at radius 1 is 1.24 bits per heavy atom. The van der Waals surface area contributed by atoms with Crippen molar-refractivity contribution in [2.24, 2.45) is 0 Å². The predicted molar refractivity (Wildman–Crippen MR) is 83.8 cm³/mol. The van der Waals surface area contributed by atoms with Gasteiger partial charge in [0.25, 0.3) is 0 Å². The van der Waals surface area contributed by atoms with E-state index in [1.54, 1.807) is 0 Å². The normalized spacial score (nSPS) is 20.3. The van der Waals surface area contributed by atoms with Gasteiger partial charge in [-0.15, -0.1) is 0 Å². The van der Waals surface area contributed by atoms with Crippen LogP contribution in [0.15, 0.2) is 18.2 Å². The van der Waals surface area contributed by atoms with E-state index in [0.717, 1.165) is 58.2 Å². The van der Waals surface area contributed by atoms with Gasteiger partial charge >= 0.3 is 0 Å². The number of hydrogen-bond donors (Lipinski definition) is 0. The quantitative estimate of drug-likeness (QED) is 0.825. The summed E-state index contributed by atoms with van der Waals surface area (Å²) in [7, 11) is 2.21. The molecule has 1 atom stereocenters. The van der Waals surface area contributed by atoms with Crippen molar-refractivity contribution >= 4 is 0 Å². The first-order chi connectivity index (χ1) is 10.2. The molecule has 2 heterocycles. The number of benzene rings is 1. The number of fused-ring (bicyclic) bond motifs is 1. The fraction of sp³-hybridized carbons (Fsp3) is 0.647. The minimum Gasteiger partial charge on any atom is -0.493 e. The monoisotopic (exact) mass is 290 g/mol. The topological polar surface area (TPSA) is 24.9 Å². The van der Waals surface area contributed by atoms with E-state index in [0.29, 0.717) is 6.04 Å². The summed E-state index contributed by atoms with van der Waals surface area (Å²) in [5, 5.41) is 0. The largest absolute Gasteiger partial charge is 0.493 e. The van der Waals surface area contributed by atoms with Crippen LogP contribution in [-0.2, 0) is 17.7 Å². The highest BCUT2D eigenvalue weighted by Crippen LogP contribution is 2.26. The van der Waals surface area contributed by atoms with Crippen molar-refractivity contribution in [3.05, 3.63) is 29.3 Å². The lowest BCUT2D eigenvalue weighted by Crippen LogP contribution is -2.46. The average molecular weight is 290 g/mol. The Hall–Kier alpha value is -1.10. The van der Waals surface area contributed by atoms with Crippen molar-refractivity contribution in [2.75, 3.05) is 46.5 Å². The van der Waals surface area contributed by atoms with E-state index in [1.165, 1.54) is 11.1 Å². The van der Waals surface area contributed by atoms with Gasteiger partial charge in [0.1, 0.15) is 5.75 Å². The molecule has 3 rings (SSSR count). The van der Waals surface area contributed by atoms with Crippen LogP contribution in [0.2, 0.25) is 0 Å². The number of likely N-dealkylation sites (N-methyl/N-ethyl adjacent to an activating group) is 1. The highest BCUT2D eigenvalue weighted by Gasteiger charge is 2.19. The van der Waals surface area contributed by atoms with Crippen LogP contribution in [0.1, 0.15) is 18.1 Å². The molecule has 0 N–H and O–H groups in total. The molecule has 21 heavy (non-hydrogen) atoms. The van der Waals surface area contributed by atoms with E-state index in [4.69, 9.17) is 9.47 Å². The van der Waals surface area contributed by atoms with Crippen LogP contribution in [0.25, 0.3) is 0 Å². The van der Waals surface area contributed by atoms with Gasteiger partial charge in [0.05, 0.1) is 19.8 Å². The van der Waals surface area contributed by atoms with Crippen LogP contribution in [0.5, 0.6) is 5.75 Å². The smallest absolute Gasteiger partial charge is 0.122 e. The summed E-state index contributed by atoms with van der Waals surface area (Å²) < 4.78 is 11.0. The zero-order valence-electron chi connectivity index (χ0n) is 13.2. The fourth-order valence-electron chi connectivity index (χ4n) is 3.30. The second-order valence-electron chi connectivity index (χ2n) is 6.23. The molecule has 0 spiro atoms. The summed E-state index contributed by atoms with van der Waals surface area (Å²) in [4.78, 5) is 4.94. The number of nitrogens with zero attached hydrogens (tertiary/aromatic N) is 2. The van der Waals surface area contributed by atoms with Crippen LogP contribution in [0.3, 0.4) is 0 Å². The van der Waals surface area contributed by atoms with Gasteiger partial charge in [-0.3, -0.25) is 4.90 Å². The first kappa shape index (κ1) is 14.8. The van der Waals surface area contributed by atoms with Gasteiger partial charge in [-0.1, -0.05) is 12.1 Å². The molecule has 116 valence electrons. The molecule has 2 aliphatic rings. The van der Waals surface area contributed by atoms with E-state index < -0.39 is 0 Å². The Bertz CT molecular complexity index is 472. The Labute approximate surface area is 127 Å². The molecule has 0 amide bonds. The van der Waals surface area contributed by atoms with Crippen LogP contribution >= 0.6 is 0 Å². The fourth-order valence-corrected chi connectivity index (χ4v) is 3.30. The molecule has 1 fully saturated rings. The Morgan fingerprint density at radius 3 is 2.86 bits per heavy atom. The molecule has 1 unspecified atom stereocenters. The van der Waals surface area contributed by atoms with E-state index in [9.17, 15) is 0 Å². The van der Waals surface area contributed by atoms with E-state index in [-0.39, 0.29) is 0 Å².